The van der Waals surface area contributed by atoms with E-state index in [-0.39, 0.29) is 0 Å². The molecule has 5 heteroatoms. The largest absolute Gasteiger partial charge is 0.240 e. The summed E-state index contributed by atoms with van der Waals surface area (Å²) in [4.78, 5) is 9.78. The van der Waals surface area contributed by atoms with Crippen molar-refractivity contribution in [1.82, 2.24) is 9.97 Å². The lowest BCUT2D eigenvalue weighted by atomic mass is 10.3. The van der Waals surface area contributed by atoms with Gasteiger partial charge < -0.3 is 0 Å². The van der Waals surface area contributed by atoms with Crippen LogP contribution in [0.2, 0.25) is 4.47 Å². The van der Waals surface area contributed by atoms with E-state index < -0.39 is 0 Å². The van der Waals surface area contributed by atoms with Gasteiger partial charge in [-0.15, -0.1) is 22.7 Å². The molecular formula is C8H7ClN2S2. The molecule has 0 radical (unpaired) electrons. The zero-order valence-electron chi connectivity index (χ0n) is 7.17. The summed E-state index contributed by atoms with van der Waals surface area (Å²) in [5.41, 5.74) is 1.85. The van der Waals surface area contributed by atoms with Gasteiger partial charge >= 0.3 is 0 Å². The van der Waals surface area contributed by atoms with E-state index in [4.69, 9.17) is 11.6 Å². The van der Waals surface area contributed by atoms with Crippen LogP contribution in [0.3, 0.4) is 0 Å². The molecule has 13 heavy (non-hydrogen) atoms. The summed E-state index contributed by atoms with van der Waals surface area (Å²) in [6.07, 6.45) is 0. The van der Waals surface area contributed by atoms with E-state index in [0.29, 0.717) is 4.47 Å². The van der Waals surface area contributed by atoms with Crippen molar-refractivity contribution in [2.24, 2.45) is 0 Å². The highest BCUT2D eigenvalue weighted by Crippen LogP contribution is 2.29. The Bertz CT molecular complexity index is 433. The molecule has 2 nitrogen and oxygen atoms in total. The predicted molar refractivity (Wildman–Crippen MR) is 57.7 cm³/mol. The van der Waals surface area contributed by atoms with Crippen molar-refractivity contribution in [3.05, 3.63) is 19.7 Å². The summed E-state index contributed by atoms with van der Waals surface area (Å²) in [5, 5.41) is 3.00. The van der Waals surface area contributed by atoms with E-state index >= 15 is 0 Å². The Hall–Kier alpha value is -0.450. The molecule has 0 saturated heterocycles. The van der Waals surface area contributed by atoms with Crippen LogP contribution in [0.5, 0.6) is 0 Å². The maximum Gasteiger partial charge on any atom is 0.184 e. The number of thiazole rings is 2. The fraction of sp³-hybridized carbons (Fsp3) is 0.250. The number of aryl methyl sites for hydroxylation is 2. The van der Waals surface area contributed by atoms with Gasteiger partial charge in [0.05, 0.1) is 5.01 Å². The minimum absolute atomic E-state index is 0.569. The monoisotopic (exact) mass is 230 g/mol. The van der Waals surface area contributed by atoms with E-state index in [2.05, 4.69) is 9.97 Å². The Balaban J connectivity index is 2.51. The highest BCUT2D eigenvalue weighted by Gasteiger charge is 2.10. The number of hydrogen-bond acceptors (Lipinski definition) is 4. The van der Waals surface area contributed by atoms with Gasteiger partial charge in [0.1, 0.15) is 11.4 Å². The number of halogens is 1. The van der Waals surface area contributed by atoms with Crippen LogP contribution in [0.25, 0.3) is 11.4 Å². The van der Waals surface area contributed by atoms with Gasteiger partial charge in [0.25, 0.3) is 0 Å². The summed E-state index contributed by atoms with van der Waals surface area (Å²) < 4.78 is 0.569. The SMILES string of the molecule is Cc1nc(-c2csc(Cl)n2)c(C)s1. The number of aromatic nitrogens is 2. The first-order valence-electron chi connectivity index (χ1n) is 3.72. The molecule has 2 aromatic rings. The Kier molecular flexibility index (Phi) is 2.36. The molecule has 0 spiro atoms. The molecule has 0 aliphatic carbocycles. The van der Waals surface area contributed by atoms with Gasteiger partial charge in [0.2, 0.25) is 0 Å². The van der Waals surface area contributed by atoms with Gasteiger partial charge in [0.15, 0.2) is 4.47 Å². The maximum atomic E-state index is 5.75. The van der Waals surface area contributed by atoms with Crippen molar-refractivity contribution in [3.8, 4) is 11.4 Å². The first-order chi connectivity index (χ1) is 6.16. The van der Waals surface area contributed by atoms with Crippen molar-refractivity contribution < 1.29 is 0 Å². The molecule has 0 aliphatic heterocycles. The summed E-state index contributed by atoms with van der Waals surface area (Å²) >= 11 is 8.87. The summed E-state index contributed by atoms with van der Waals surface area (Å²) in [7, 11) is 0. The highest BCUT2D eigenvalue weighted by atomic mass is 35.5. The van der Waals surface area contributed by atoms with Crippen LogP contribution in [0.1, 0.15) is 9.88 Å². The molecule has 2 aromatic heterocycles. The third-order valence-corrected chi connectivity index (χ3v) is 3.49. The maximum absolute atomic E-state index is 5.75. The molecule has 68 valence electrons. The van der Waals surface area contributed by atoms with E-state index in [1.165, 1.54) is 16.2 Å². The second-order valence-corrected chi connectivity index (χ2v) is 5.47. The quantitative estimate of drug-likeness (QED) is 0.749. The number of rotatable bonds is 1. The Morgan fingerprint density at radius 1 is 1.31 bits per heavy atom. The molecule has 0 saturated carbocycles. The molecule has 0 aromatic carbocycles. The fourth-order valence-electron chi connectivity index (χ4n) is 1.13. The van der Waals surface area contributed by atoms with Gasteiger partial charge in [-0.05, 0) is 13.8 Å². The molecule has 2 rings (SSSR count). The van der Waals surface area contributed by atoms with E-state index in [0.717, 1.165) is 16.4 Å². The number of hydrogen-bond donors (Lipinski definition) is 0. The van der Waals surface area contributed by atoms with Gasteiger partial charge in [-0.2, -0.15) is 0 Å². The normalized spacial score (nSPS) is 10.7. The van der Waals surface area contributed by atoms with Gasteiger partial charge in [-0.25, -0.2) is 9.97 Å². The molecule has 0 fully saturated rings. The molecule has 2 heterocycles. The third kappa shape index (κ3) is 1.75. The summed E-state index contributed by atoms with van der Waals surface area (Å²) in [6, 6.07) is 0. The van der Waals surface area contributed by atoms with Crippen LogP contribution in [0.15, 0.2) is 5.38 Å². The van der Waals surface area contributed by atoms with Gasteiger partial charge in [0, 0.05) is 10.3 Å². The van der Waals surface area contributed by atoms with Crippen LogP contribution in [-0.2, 0) is 0 Å². The van der Waals surface area contributed by atoms with Gasteiger partial charge in [-0.3, -0.25) is 0 Å². The topological polar surface area (TPSA) is 25.8 Å². The first kappa shape index (κ1) is 9.12. The summed E-state index contributed by atoms with van der Waals surface area (Å²) in [5.74, 6) is 0. The predicted octanol–water partition coefficient (Wildman–Crippen LogP) is 3.54. The third-order valence-electron chi connectivity index (χ3n) is 1.62. The standard InChI is InChI=1S/C8H7ClN2S2/c1-4-7(10-5(2)13-4)6-3-12-8(9)11-6/h3H,1-2H3. The molecular weight excluding hydrogens is 224 g/mol. The molecule has 0 N–H and O–H groups in total. The lowest BCUT2D eigenvalue weighted by Crippen LogP contribution is -1.79. The molecule has 0 amide bonds. The highest BCUT2D eigenvalue weighted by molar-refractivity contribution is 7.14. The lowest BCUT2D eigenvalue weighted by Gasteiger charge is -1.89. The second-order valence-electron chi connectivity index (χ2n) is 2.62. The average Bonchev–Trinajstić information content (AvgIpc) is 2.58. The van der Waals surface area contributed by atoms with Gasteiger partial charge in [-0.1, -0.05) is 11.6 Å². The number of nitrogens with zero attached hydrogens (tertiary/aromatic N) is 2. The van der Waals surface area contributed by atoms with E-state index in [9.17, 15) is 0 Å². The van der Waals surface area contributed by atoms with Crippen molar-refractivity contribution in [2.45, 2.75) is 13.8 Å². The molecule has 0 unspecified atom stereocenters. The zero-order chi connectivity index (χ0) is 9.42. The average molecular weight is 231 g/mol. The van der Waals surface area contributed by atoms with E-state index in [1.807, 2.05) is 19.2 Å². The fourth-order valence-corrected chi connectivity index (χ4v) is 2.70. The van der Waals surface area contributed by atoms with Crippen LogP contribution in [0, 0.1) is 13.8 Å². The molecule has 0 aliphatic rings. The van der Waals surface area contributed by atoms with Crippen molar-refractivity contribution in [1.29, 1.82) is 0 Å². The van der Waals surface area contributed by atoms with Crippen LogP contribution < -0.4 is 0 Å². The minimum atomic E-state index is 0.569. The smallest absolute Gasteiger partial charge is 0.184 e. The van der Waals surface area contributed by atoms with Crippen LogP contribution >= 0.6 is 34.3 Å². The van der Waals surface area contributed by atoms with Crippen molar-refractivity contribution >= 4 is 34.3 Å². The van der Waals surface area contributed by atoms with Crippen molar-refractivity contribution in [3.63, 3.8) is 0 Å². The summed E-state index contributed by atoms with van der Waals surface area (Å²) in [6.45, 7) is 4.04. The Labute approximate surface area is 89.2 Å². The van der Waals surface area contributed by atoms with Crippen LogP contribution in [-0.4, -0.2) is 9.97 Å². The van der Waals surface area contributed by atoms with Crippen molar-refractivity contribution in [2.75, 3.05) is 0 Å². The second kappa shape index (κ2) is 3.36. The molecule has 0 bridgehead atoms. The Morgan fingerprint density at radius 2 is 2.08 bits per heavy atom. The Morgan fingerprint density at radius 3 is 2.54 bits per heavy atom. The molecule has 0 atom stereocenters. The minimum Gasteiger partial charge on any atom is -0.240 e. The van der Waals surface area contributed by atoms with Crippen LogP contribution in [0.4, 0.5) is 0 Å². The van der Waals surface area contributed by atoms with E-state index in [1.54, 1.807) is 11.3 Å². The lowest BCUT2D eigenvalue weighted by molar-refractivity contribution is 1.25. The first-order valence-corrected chi connectivity index (χ1v) is 5.79. The zero-order valence-corrected chi connectivity index (χ0v) is 9.56.